The Morgan fingerprint density at radius 3 is 2.59 bits per heavy atom. The molecule has 150 valence electrons. The molecule has 7 nitrogen and oxygen atoms in total. The lowest BCUT2D eigenvalue weighted by Crippen LogP contribution is -2.33. The molecule has 5 rings (SSSR count). The van der Waals surface area contributed by atoms with E-state index >= 15 is 0 Å². The predicted octanol–water partition coefficient (Wildman–Crippen LogP) is 2.91. The number of benzene rings is 1. The summed E-state index contributed by atoms with van der Waals surface area (Å²) in [7, 11) is 1.58. The van der Waals surface area contributed by atoms with Crippen molar-refractivity contribution in [1.29, 1.82) is 0 Å². The van der Waals surface area contributed by atoms with Crippen molar-refractivity contribution in [3.8, 4) is 6.01 Å². The Morgan fingerprint density at radius 2 is 1.86 bits per heavy atom. The molecule has 1 aromatic carbocycles. The number of nitrogens with zero attached hydrogens (tertiary/aromatic N) is 5. The van der Waals surface area contributed by atoms with E-state index in [1.165, 1.54) is 0 Å². The van der Waals surface area contributed by atoms with E-state index < -0.39 is 0 Å². The van der Waals surface area contributed by atoms with Gasteiger partial charge in [-0.05, 0) is 36.3 Å². The second kappa shape index (κ2) is 7.46. The molecular weight excluding hydrogens is 366 g/mol. The number of carbonyl (C=O) groups excluding carboxylic acids is 1. The SMILES string of the molecule is COc1nccc(N2CC3CC(C(=O)N4N=CCC4c4ccccc4)CC3C2)n1. The van der Waals surface area contributed by atoms with E-state index in [9.17, 15) is 4.79 Å². The number of methoxy groups -OCH3 is 1. The summed E-state index contributed by atoms with van der Waals surface area (Å²) in [5, 5.41) is 6.16. The lowest BCUT2D eigenvalue weighted by atomic mass is 10.0. The first-order valence-electron chi connectivity index (χ1n) is 10.3. The van der Waals surface area contributed by atoms with Crippen molar-refractivity contribution in [1.82, 2.24) is 15.0 Å². The van der Waals surface area contributed by atoms with Gasteiger partial charge in [0.15, 0.2) is 0 Å². The molecule has 0 radical (unpaired) electrons. The van der Waals surface area contributed by atoms with E-state index in [1.54, 1.807) is 18.3 Å². The van der Waals surface area contributed by atoms with Crippen molar-refractivity contribution >= 4 is 17.9 Å². The Kier molecular flexibility index (Phi) is 4.66. The highest BCUT2D eigenvalue weighted by molar-refractivity contribution is 5.82. The van der Waals surface area contributed by atoms with Crippen LogP contribution >= 0.6 is 0 Å². The molecule has 1 amide bonds. The van der Waals surface area contributed by atoms with Gasteiger partial charge in [0.2, 0.25) is 5.91 Å². The van der Waals surface area contributed by atoms with E-state index in [0.29, 0.717) is 17.8 Å². The summed E-state index contributed by atoms with van der Waals surface area (Å²) in [6.45, 7) is 1.86. The molecule has 0 spiro atoms. The highest BCUT2D eigenvalue weighted by Crippen LogP contribution is 2.44. The summed E-state index contributed by atoms with van der Waals surface area (Å²) in [4.78, 5) is 24.1. The maximum Gasteiger partial charge on any atom is 0.318 e. The number of hydrazone groups is 1. The van der Waals surface area contributed by atoms with Gasteiger partial charge in [-0.2, -0.15) is 10.1 Å². The second-order valence-corrected chi connectivity index (χ2v) is 8.14. The molecule has 1 saturated heterocycles. The Bertz CT molecular complexity index is 904. The number of anilines is 1. The number of rotatable bonds is 4. The standard InChI is InChI=1S/C22H25N5O2/c1-29-22-23-9-8-20(25-22)26-13-17-11-16(12-18(17)14-26)21(28)27-19(7-10-24-27)15-5-3-2-4-6-15/h2-6,8-10,16-19H,7,11-14H2,1H3. The van der Waals surface area contributed by atoms with Crippen LogP contribution in [0.3, 0.4) is 0 Å². The van der Waals surface area contributed by atoms with Gasteiger partial charge in [-0.1, -0.05) is 30.3 Å². The number of fused-ring (bicyclic) bond motifs is 1. The number of hydrogen-bond acceptors (Lipinski definition) is 6. The van der Waals surface area contributed by atoms with Crippen molar-refractivity contribution in [2.75, 3.05) is 25.1 Å². The van der Waals surface area contributed by atoms with Crippen LogP contribution in [0.1, 0.15) is 30.9 Å². The van der Waals surface area contributed by atoms with Crippen molar-refractivity contribution in [2.24, 2.45) is 22.9 Å². The van der Waals surface area contributed by atoms with Crippen molar-refractivity contribution in [3.63, 3.8) is 0 Å². The van der Waals surface area contributed by atoms with Gasteiger partial charge in [-0.15, -0.1) is 0 Å². The molecule has 0 bridgehead atoms. The number of hydrogen-bond donors (Lipinski definition) is 0. The van der Waals surface area contributed by atoms with E-state index in [4.69, 9.17) is 4.74 Å². The van der Waals surface area contributed by atoms with Crippen LogP contribution in [0.5, 0.6) is 6.01 Å². The Balaban J connectivity index is 1.24. The Labute approximate surface area is 170 Å². The first-order valence-corrected chi connectivity index (χ1v) is 10.3. The number of carbonyl (C=O) groups is 1. The van der Waals surface area contributed by atoms with E-state index in [0.717, 1.165) is 43.7 Å². The predicted molar refractivity (Wildman–Crippen MR) is 110 cm³/mol. The maximum absolute atomic E-state index is 13.3. The zero-order valence-electron chi connectivity index (χ0n) is 16.5. The molecule has 1 aromatic heterocycles. The summed E-state index contributed by atoms with van der Waals surface area (Å²) in [5.41, 5.74) is 1.15. The monoisotopic (exact) mass is 391 g/mol. The van der Waals surface area contributed by atoms with Crippen molar-refractivity contribution in [3.05, 3.63) is 48.2 Å². The molecular formula is C22H25N5O2. The van der Waals surface area contributed by atoms with Crippen molar-refractivity contribution < 1.29 is 9.53 Å². The van der Waals surface area contributed by atoms with Gasteiger partial charge in [0.25, 0.3) is 0 Å². The van der Waals surface area contributed by atoms with Crippen LogP contribution in [0.25, 0.3) is 0 Å². The van der Waals surface area contributed by atoms with Crippen molar-refractivity contribution in [2.45, 2.75) is 25.3 Å². The summed E-state index contributed by atoms with van der Waals surface area (Å²) >= 11 is 0. The lowest BCUT2D eigenvalue weighted by Gasteiger charge is -2.26. The number of amides is 1. The maximum atomic E-state index is 13.3. The van der Waals surface area contributed by atoms with E-state index in [2.05, 4.69) is 32.1 Å². The minimum atomic E-state index is 0.0362. The summed E-state index contributed by atoms with van der Waals surface area (Å²) < 4.78 is 5.15. The minimum absolute atomic E-state index is 0.0362. The highest BCUT2D eigenvalue weighted by atomic mass is 16.5. The van der Waals surface area contributed by atoms with Crippen LogP contribution in [0, 0.1) is 17.8 Å². The van der Waals surface area contributed by atoms with Crippen LogP contribution in [-0.4, -0.2) is 47.3 Å². The molecule has 1 saturated carbocycles. The van der Waals surface area contributed by atoms with Crippen LogP contribution in [0.2, 0.25) is 0 Å². The molecule has 2 fully saturated rings. The fourth-order valence-corrected chi connectivity index (χ4v) is 5.06. The Hall–Kier alpha value is -2.96. The minimum Gasteiger partial charge on any atom is -0.467 e. The van der Waals surface area contributed by atoms with Crippen LogP contribution in [0.15, 0.2) is 47.7 Å². The molecule has 3 atom stereocenters. The first-order chi connectivity index (χ1) is 14.2. The normalized spacial score (nSPS) is 28.0. The molecule has 29 heavy (non-hydrogen) atoms. The molecule has 7 heteroatoms. The molecule has 1 aliphatic carbocycles. The third kappa shape index (κ3) is 3.34. The summed E-state index contributed by atoms with van der Waals surface area (Å²) in [6.07, 6.45) is 6.25. The third-order valence-corrected chi connectivity index (χ3v) is 6.47. The molecule has 2 aromatic rings. The zero-order chi connectivity index (χ0) is 19.8. The van der Waals surface area contributed by atoms with Crippen LogP contribution < -0.4 is 9.64 Å². The quantitative estimate of drug-likeness (QED) is 0.801. The largest absolute Gasteiger partial charge is 0.467 e. The number of aromatic nitrogens is 2. The second-order valence-electron chi connectivity index (χ2n) is 8.14. The lowest BCUT2D eigenvalue weighted by molar-refractivity contribution is -0.137. The Morgan fingerprint density at radius 1 is 1.10 bits per heavy atom. The highest BCUT2D eigenvalue weighted by Gasteiger charge is 2.46. The van der Waals surface area contributed by atoms with Gasteiger partial charge in [0.1, 0.15) is 5.82 Å². The number of ether oxygens (including phenoxy) is 1. The molecule has 3 unspecified atom stereocenters. The third-order valence-electron chi connectivity index (χ3n) is 6.47. The fraction of sp³-hybridized carbons (Fsp3) is 0.455. The van der Waals surface area contributed by atoms with Gasteiger partial charge in [-0.25, -0.2) is 9.99 Å². The van der Waals surface area contributed by atoms with Crippen LogP contribution in [-0.2, 0) is 4.79 Å². The van der Waals surface area contributed by atoms with Gasteiger partial charge in [-0.3, -0.25) is 4.79 Å². The fourth-order valence-electron chi connectivity index (χ4n) is 5.06. The van der Waals surface area contributed by atoms with E-state index in [-0.39, 0.29) is 17.9 Å². The zero-order valence-corrected chi connectivity index (χ0v) is 16.5. The topological polar surface area (TPSA) is 70.9 Å². The van der Waals surface area contributed by atoms with Crippen LogP contribution in [0.4, 0.5) is 5.82 Å². The molecule has 0 N–H and O–H groups in total. The van der Waals surface area contributed by atoms with Gasteiger partial charge < -0.3 is 9.64 Å². The smallest absolute Gasteiger partial charge is 0.318 e. The van der Waals surface area contributed by atoms with Gasteiger partial charge in [0, 0.05) is 37.8 Å². The molecule has 3 aliphatic rings. The average molecular weight is 391 g/mol. The van der Waals surface area contributed by atoms with Gasteiger partial charge in [0.05, 0.1) is 13.2 Å². The molecule has 3 heterocycles. The van der Waals surface area contributed by atoms with E-state index in [1.807, 2.05) is 30.5 Å². The summed E-state index contributed by atoms with van der Waals surface area (Å²) in [6, 6.07) is 12.6. The summed E-state index contributed by atoms with van der Waals surface area (Å²) in [5.74, 6) is 2.19. The first kappa shape index (κ1) is 18.1. The average Bonchev–Trinajstić information content (AvgIpc) is 3.48. The van der Waals surface area contributed by atoms with Gasteiger partial charge >= 0.3 is 6.01 Å². The molecule has 2 aliphatic heterocycles.